The van der Waals surface area contributed by atoms with Gasteiger partial charge in [-0.1, -0.05) is 12.1 Å². The van der Waals surface area contributed by atoms with Crippen molar-refractivity contribution in [2.24, 2.45) is 0 Å². The second-order valence-electron chi connectivity index (χ2n) is 5.57. The first kappa shape index (κ1) is 19.0. The summed E-state index contributed by atoms with van der Waals surface area (Å²) in [5.74, 6) is -6.97. The summed E-state index contributed by atoms with van der Waals surface area (Å²) in [6.45, 7) is 0. The van der Waals surface area contributed by atoms with Crippen molar-refractivity contribution < 1.29 is 27.2 Å². The maximum absolute atomic E-state index is 13.7. The molecule has 0 aliphatic heterocycles. The molecule has 1 heterocycles. The third-order valence-electron chi connectivity index (χ3n) is 3.67. The topological polar surface area (TPSA) is 71.1 Å². The standard InChI is InChI=1S/C19H11F4N3O2/c20-12-3-1-2-4-14(12)25-18(27)10-7-11(9-24-8-10)19(28)26-15-6-5-13(21)16(22)17(15)23/h1-9H,(H,25,27)(H,26,28). The lowest BCUT2D eigenvalue weighted by Gasteiger charge is -2.09. The normalized spacial score (nSPS) is 10.4. The Hall–Kier alpha value is -3.75. The smallest absolute Gasteiger partial charge is 0.257 e. The van der Waals surface area contributed by atoms with E-state index in [9.17, 15) is 27.2 Å². The number of hydrogen-bond acceptors (Lipinski definition) is 3. The highest BCUT2D eigenvalue weighted by molar-refractivity contribution is 6.08. The maximum atomic E-state index is 13.7. The fourth-order valence-electron chi connectivity index (χ4n) is 2.26. The fraction of sp³-hybridized carbons (Fsp3) is 0. The highest BCUT2D eigenvalue weighted by Gasteiger charge is 2.17. The molecule has 0 saturated heterocycles. The van der Waals surface area contributed by atoms with E-state index < -0.39 is 40.8 Å². The molecule has 0 atom stereocenters. The molecule has 0 bridgehead atoms. The van der Waals surface area contributed by atoms with Crippen molar-refractivity contribution in [3.8, 4) is 0 Å². The number of pyridine rings is 1. The number of benzene rings is 2. The molecule has 0 unspecified atom stereocenters. The average Bonchev–Trinajstić information content (AvgIpc) is 2.70. The number of nitrogens with zero attached hydrogens (tertiary/aromatic N) is 1. The minimum atomic E-state index is -1.73. The van der Waals surface area contributed by atoms with Crippen LogP contribution in [0.1, 0.15) is 20.7 Å². The molecule has 0 spiro atoms. The number of nitrogens with one attached hydrogen (secondary N) is 2. The number of hydrogen-bond donors (Lipinski definition) is 2. The number of aromatic nitrogens is 1. The molecule has 142 valence electrons. The van der Waals surface area contributed by atoms with Crippen LogP contribution in [0.15, 0.2) is 54.9 Å². The van der Waals surface area contributed by atoms with Gasteiger partial charge in [0.25, 0.3) is 11.8 Å². The van der Waals surface area contributed by atoms with Gasteiger partial charge in [0.2, 0.25) is 0 Å². The van der Waals surface area contributed by atoms with Gasteiger partial charge in [0, 0.05) is 12.4 Å². The molecule has 2 amide bonds. The molecule has 2 N–H and O–H groups in total. The van der Waals surface area contributed by atoms with Gasteiger partial charge < -0.3 is 10.6 Å². The minimum Gasteiger partial charge on any atom is -0.319 e. The van der Waals surface area contributed by atoms with Crippen molar-refractivity contribution in [1.29, 1.82) is 0 Å². The summed E-state index contributed by atoms with van der Waals surface area (Å²) in [7, 11) is 0. The van der Waals surface area contributed by atoms with E-state index >= 15 is 0 Å². The Morgan fingerprint density at radius 1 is 0.714 bits per heavy atom. The molecular weight excluding hydrogens is 378 g/mol. The van der Waals surface area contributed by atoms with E-state index in [0.29, 0.717) is 6.07 Å². The number of amides is 2. The lowest BCUT2D eigenvalue weighted by atomic mass is 10.1. The van der Waals surface area contributed by atoms with Gasteiger partial charge in [-0.15, -0.1) is 0 Å². The van der Waals surface area contributed by atoms with E-state index in [4.69, 9.17) is 0 Å². The summed E-state index contributed by atoms with van der Waals surface area (Å²) in [6.07, 6.45) is 2.23. The second kappa shape index (κ2) is 7.87. The molecular formula is C19H11F4N3O2. The van der Waals surface area contributed by atoms with Crippen molar-refractivity contribution in [3.63, 3.8) is 0 Å². The van der Waals surface area contributed by atoms with Gasteiger partial charge in [0.05, 0.1) is 22.5 Å². The molecule has 9 heteroatoms. The van der Waals surface area contributed by atoms with E-state index in [2.05, 4.69) is 15.6 Å². The molecule has 0 aliphatic carbocycles. The van der Waals surface area contributed by atoms with Gasteiger partial charge in [-0.05, 0) is 30.3 Å². The summed E-state index contributed by atoms with van der Waals surface area (Å²) in [5, 5.41) is 4.40. The van der Waals surface area contributed by atoms with Crippen LogP contribution in [0.4, 0.5) is 28.9 Å². The summed E-state index contributed by atoms with van der Waals surface area (Å²) < 4.78 is 53.5. The zero-order chi connectivity index (χ0) is 20.3. The summed E-state index contributed by atoms with van der Waals surface area (Å²) in [5.41, 5.74) is -0.858. The molecule has 0 fully saturated rings. The zero-order valence-corrected chi connectivity index (χ0v) is 14.0. The Balaban J connectivity index is 1.79. The molecule has 0 saturated carbocycles. The third kappa shape index (κ3) is 3.98. The van der Waals surface area contributed by atoms with Crippen LogP contribution in [0, 0.1) is 23.3 Å². The van der Waals surface area contributed by atoms with Gasteiger partial charge in [-0.2, -0.15) is 0 Å². The number of carbonyl (C=O) groups is 2. The molecule has 5 nitrogen and oxygen atoms in total. The number of rotatable bonds is 4. The largest absolute Gasteiger partial charge is 0.319 e. The quantitative estimate of drug-likeness (QED) is 0.520. The van der Waals surface area contributed by atoms with Crippen molar-refractivity contribution in [1.82, 2.24) is 4.98 Å². The number of anilines is 2. The first-order chi connectivity index (χ1) is 13.4. The van der Waals surface area contributed by atoms with Crippen molar-refractivity contribution in [2.75, 3.05) is 10.6 Å². The molecule has 2 aromatic carbocycles. The van der Waals surface area contributed by atoms with Gasteiger partial charge in [0.1, 0.15) is 5.82 Å². The predicted molar refractivity (Wildman–Crippen MR) is 92.9 cm³/mol. The van der Waals surface area contributed by atoms with Crippen LogP contribution in [0.3, 0.4) is 0 Å². The van der Waals surface area contributed by atoms with Crippen LogP contribution in [0.25, 0.3) is 0 Å². The lowest BCUT2D eigenvalue weighted by molar-refractivity contribution is 0.102. The summed E-state index contributed by atoms with van der Waals surface area (Å²) in [4.78, 5) is 28.2. The molecule has 28 heavy (non-hydrogen) atoms. The Bertz CT molecular complexity index is 1070. The Morgan fingerprint density at radius 2 is 1.32 bits per heavy atom. The van der Waals surface area contributed by atoms with Crippen molar-refractivity contribution >= 4 is 23.2 Å². The minimum absolute atomic E-state index is 0.0637. The van der Waals surface area contributed by atoms with Gasteiger partial charge >= 0.3 is 0 Å². The van der Waals surface area contributed by atoms with Crippen molar-refractivity contribution in [3.05, 3.63) is 89.3 Å². The Kier molecular flexibility index (Phi) is 5.35. The van der Waals surface area contributed by atoms with Crippen LogP contribution < -0.4 is 10.6 Å². The Labute approximate surface area is 156 Å². The average molecular weight is 389 g/mol. The first-order valence-corrected chi connectivity index (χ1v) is 7.82. The monoisotopic (exact) mass is 389 g/mol. The molecule has 3 aromatic rings. The summed E-state index contributed by atoms with van der Waals surface area (Å²) >= 11 is 0. The van der Waals surface area contributed by atoms with Crippen LogP contribution in [0.2, 0.25) is 0 Å². The van der Waals surface area contributed by atoms with Crippen LogP contribution >= 0.6 is 0 Å². The second-order valence-corrected chi connectivity index (χ2v) is 5.57. The number of halogens is 4. The van der Waals surface area contributed by atoms with Crippen LogP contribution in [0.5, 0.6) is 0 Å². The van der Waals surface area contributed by atoms with E-state index in [0.717, 1.165) is 30.6 Å². The van der Waals surface area contributed by atoms with E-state index in [1.54, 1.807) is 0 Å². The molecule has 0 aliphatic rings. The first-order valence-electron chi connectivity index (χ1n) is 7.82. The van der Waals surface area contributed by atoms with Gasteiger partial charge in [0.15, 0.2) is 17.5 Å². The van der Waals surface area contributed by atoms with Crippen molar-refractivity contribution in [2.45, 2.75) is 0 Å². The Morgan fingerprint density at radius 3 is 1.96 bits per heavy atom. The van der Waals surface area contributed by atoms with Gasteiger partial charge in [-0.25, -0.2) is 17.6 Å². The summed E-state index contributed by atoms with van der Waals surface area (Å²) in [6, 6.07) is 8.14. The zero-order valence-electron chi connectivity index (χ0n) is 14.0. The SMILES string of the molecule is O=C(Nc1ccccc1F)c1cncc(C(=O)Nc2ccc(F)c(F)c2F)c1. The van der Waals surface area contributed by atoms with E-state index in [1.807, 2.05) is 0 Å². The highest BCUT2D eigenvalue weighted by atomic mass is 19.2. The third-order valence-corrected chi connectivity index (χ3v) is 3.67. The maximum Gasteiger partial charge on any atom is 0.257 e. The predicted octanol–water partition coefficient (Wildman–Crippen LogP) is 4.14. The lowest BCUT2D eigenvalue weighted by Crippen LogP contribution is -2.17. The molecule has 3 rings (SSSR count). The van der Waals surface area contributed by atoms with E-state index in [1.165, 1.54) is 18.2 Å². The number of carbonyl (C=O) groups excluding carboxylic acids is 2. The van der Waals surface area contributed by atoms with Crippen LogP contribution in [-0.4, -0.2) is 16.8 Å². The van der Waals surface area contributed by atoms with Crippen LogP contribution in [-0.2, 0) is 0 Å². The molecule has 0 radical (unpaired) electrons. The number of para-hydroxylation sites is 1. The highest BCUT2D eigenvalue weighted by Crippen LogP contribution is 2.20. The van der Waals surface area contributed by atoms with E-state index in [-0.39, 0.29) is 16.8 Å². The fourth-order valence-corrected chi connectivity index (χ4v) is 2.26. The molecule has 1 aromatic heterocycles. The van der Waals surface area contributed by atoms with Gasteiger partial charge in [-0.3, -0.25) is 14.6 Å².